The predicted octanol–water partition coefficient (Wildman–Crippen LogP) is 3.34. The van der Waals surface area contributed by atoms with Crippen molar-refractivity contribution in [2.75, 3.05) is 13.1 Å². The van der Waals surface area contributed by atoms with Crippen molar-refractivity contribution in [2.24, 2.45) is 5.92 Å². The molecule has 0 spiro atoms. The van der Waals surface area contributed by atoms with Gasteiger partial charge in [0.25, 0.3) is 5.91 Å². The van der Waals surface area contributed by atoms with Crippen LogP contribution in [0.15, 0.2) is 61.1 Å². The highest BCUT2D eigenvalue weighted by molar-refractivity contribution is 5.94. The molecule has 0 aliphatic carbocycles. The normalized spacial score (nSPS) is 16.6. The van der Waals surface area contributed by atoms with Crippen LogP contribution in [-0.2, 0) is 13.0 Å². The average molecular weight is 360 g/mol. The van der Waals surface area contributed by atoms with Crippen molar-refractivity contribution >= 4 is 5.91 Å². The van der Waals surface area contributed by atoms with Crippen molar-refractivity contribution in [3.05, 3.63) is 83.7 Å². The van der Waals surface area contributed by atoms with E-state index in [1.807, 2.05) is 17.2 Å². The molecular weight excluding hydrogens is 336 g/mol. The molecule has 1 unspecified atom stereocenters. The first kappa shape index (κ1) is 17.5. The SMILES string of the molecule is Cc1cnc(CC2CCN(C(=O)c3ccncc3)C2)n1Cc1ccccc1. The molecule has 0 radical (unpaired) electrons. The molecule has 0 saturated carbocycles. The molecule has 5 heteroatoms. The zero-order valence-corrected chi connectivity index (χ0v) is 15.6. The number of rotatable bonds is 5. The summed E-state index contributed by atoms with van der Waals surface area (Å²) in [6.07, 6.45) is 7.22. The number of carbonyl (C=O) groups is 1. The van der Waals surface area contributed by atoms with Gasteiger partial charge in [-0.1, -0.05) is 30.3 Å². The van der Waals surface area contributed by atoms with E-state index in [4.69, 9.17) is 0 Å². The molecule has 1 atom stereocenters. The van der Waals surface area contributed by atoms with Crippen LogP contribution in [0.4, 0.5) is 0 Å². The molecule has 1 amide bonds. The molecule has 1 aromatic carbocycles. The first-order valence-corrected chi connectivity index (χ1v) is 9.45. The minimum atomic E-state index is 0.101. The van der Waals surface area contributed by atoms with E-state index in [-0.39, 0.29) is 5.91 Å². The standard InChI is InChI=1S/C22H24N4O/c1-17-14-24-21(26(17)16-18-5-3-2-4-6-18)13-19-9-12-25(15-19)22(27)20-7-10-23-11-8-20/h2-8,10-11,14,19H,9,12-13,15-16H2,1H3. The third-order valence-corrected chi connectivity index (χ3v) is 5.29. The third-order valence-electron chi connectivity index (χ3n) is 5.29. The summed E-state index contributed by atoms with van der Waals surface area (Å²) in [5.41, 5.74) is 3.17. The summed E-state index contributed by atoms with van der Waals surface area (Å²) in [6.45, 7) is 4.55. The largest absolute Gasteiger partial charge is 0.338 e. The van der Waals surface area contributed by atoms with E-state index in [2.05, 4.69) is 45.7 Å². The lowest BCUT2D eigenvalue weighted by atomic mass is 10.0. The van der Waals surface area contributed by atoms with Crippen LogP contribution >= 0.6 is 0 Å². The predicted molar refractivity (Wildman–Crippen MR) is 104 cm³/mol. The van der Waals surface area contributed by atoms with Gasteiger partial charge in [-0.15, -0.1) is 0 Å². The van der Waals surface area contributed by atoms with Crippen molar-refractivity contribution in [3.63, 3.8) is 0 Å². The first-order valence-electron chi connectivity index (χ1n) is 9.45. The van der Waals surface area contributed by atoms with Crippen molar-refractivity contribution in [1.82, 2.24) is 19.4 Å². The summed E-state index contributed by atoms with van der Waals surface area (Å²) in [5.74, 6) is 1.66. The van der Waals surface area contributed by atoms with Gasteiger partial charge in [0.2, 0.25) is 0 Å². The Kier molecular flexibility index (Phi) is 5.01. The maximum absolute atomic E-state index is 12.6. The Hall–Kier alpha value is -2.95. The lowest BCUT2D eigenvalue weighted by Gasteiger charge is -2.17. The van der Waals surface area contributed by atoms with Crippen LogP contribution in [0.2, 0.25) is 0 Å². The summed E-state index contributed by atoms with van der Waals surface area (Å²) in [6, 6.07) is 14.0. The van der Waals surface area contributed by atoms with Gasteiger partial charge >= 0.3 is 0 Å². The monoisotopic (exact) mass is 360 g/mol. The molecular formula is C22H24N4O. The van der Waals surface area contributed by atoms with Gasteiger partial charge < -0.3 is 9.47 Å². The summed E-state index contributed by atoms with van der Waals surface area (Å²) >= 11 is 0. The van der Waals surface area contributed by atoms with Crippen LogP contribution in [0.5, 0.6) is 0 Å². The maximum atomic E-state index is 12.6. The molecule has 27 heavy (non-hydrogen) atoms. The number of likely N-dealkylation sites (tertiary alicyclic amines) is 1. The summed E-state index contributed by atoms with van der Waals surface area (Å²) in [4.78, 5) is 23.2. The number of aromatic nitrogens is 3. The van der Waals surface area contributed by atoms with Gasteiger partial charge in [-0.05, 0) is 37.0 Å². The van der Waals surface area contributed by atoms with Crippen LogP contribution < -0.4 is 0 Å². The molecule has 1 fully saturated rings. The number of amides is 1. The Morgan fingerprint density at radius 2 is 1.93 bits per heavy atom. The zero-order chi connectivity index (χ0) is 18.6. The zero-order valence-electron chi connectivity index (χ0n) is 15.6. The molecule has 1 aliphatic heterocycles. The Balaban J connectivity index is 1.43. The van der Waals surface area contributed by atoms with Crippen molar-refractivity contribution in [2.45, 2.75) is 26.3 Å². The summed E-state index contributed by atoms with van der Waals surface area (Å²) < 4.78 is 2.29. The molecule has 0 N–H and O–H groups in total. The molecule has 0 bridgehead atoms. The molecule has 2 aromatic heterocycles. The van der Waals surface area contributed by atoms with Crippen molar-refractivity contribution < 1.29 is 4.79 Å². The van der Waals surface area contributed by atoms with Gasteiger partial charge in [-0.2, -0.15) is 0 Å². The van der Waals surface area contributed by atoms with Gasteiger partial charge in [0, 0.05) is 55.9 Å². The number of carbonyl (C=O) groups excluding carboxylic acids is 1. The minimum Gasteiger partial charge on any atom is -0.338 e. The Labute approximate surface area is 159 Å². The fraction of sp³-hybridized carbons (Fsp3) is 0.318. The van der Waals surface area contributed by atoms with Gasteiger partial charge in [0.15, 0.2) is 0 Å². The number of nitrogens with zero attached hydrogens (tertiary/aromatic N) is 4. The van der Waals surface area contributed by atoms with Crippen LogP contribution in [0.3, 0.4) is 0 Å². The quantitative estimate of drug-likeness (QED) is 0.701. The van der Waals surface area contributed by atoms with Crippen LogP contribution in [0.25, 0.3) is 0 Å². The third kappa shape index (κ3) is 3.92. The molecule has 1 saturated heterocycles. The van der Waals surface area contributed by atoms with Crippen molar-refractivity contribution in [3.8, 4) is 0 Å². The second kappa shape index (κ2) is 7.74. The fourth-order valence-corrected chi connectivity index (χ4v) is 3.77. The van der Waals surface area contributed by atoms with Crippen LogP contribution in [-0.4, -0.2) is 38.4 Å². The van der Waals surface area contributed by atoms with E-state index in [1.54, 1.807) is 24.5 Å². The van der Waals surface area contributed by atoms with E-state index in [1.165, 1.54) is 11.3 Å². The number of benzene rings is 1. The highest BCUT2D eigenvalue weighted by Gasteiger charge is 2.28. The lowest BCUT2D eigenvalue weighted by Crippen LogP contribution is -2.29. The highest BCUT2D eigenvalue weighted by atomic mass is 16.2. The Morgan fingerprint density at radius 1 is 1.15 bits per heavy atom. The fourth-order valence-electron chi connectivity index (χ4n) is 3.77. The van der Waals surface area contributed by atoms with Gasteiger partial charge in [-0.25, -0.2) is 4.98 Å². The lowest BCUT2D eigenvalue weighted by molar-refractivity contribution is 0.0787. The molecule has 4 rings (SSSR count). The first-order chi connectivity index (χ1) is 13.2. The van der Waals surface area contributed by atoms with Crippen LogP contribution in [0, 0.1) is 12.8 Å². The van der Waals surface area contributed by atoms with E-state index in [0.717, 1.165) is 38.3 Å². The highest BCUT2D eigenvalue weighted by Crippen LogP contribution is 2.23. The topological polar surface area (TPSA) is 51.0 Å². The van der Waals surface area contributed by atoms with E-state index in [0.29, 0.717) is 11.5 Å². The second-order valence-electron chi connectivity index (χ2n) is 7.23. The molecule has 1 aliphatic rings. The van der Waals surface area contributed by atoms with E-state index < -0.39 is 0 Å². The van der Waals surface area contributed by atoms with Gasteiger partial charge in [0.05, 0.1) is 0 Å². The number of imidazole rings is 1. The Bertz CT molecular complexity index is 905. The van der Waals surface area contributed by atoms with E-state index >= 15 is 0 Å². The average Bonchev–Trinajstić information content (AvgIpc) is 3.31. The number of pyridine rings is 1. The molecule has 138 valence electrons. The Morgan fingerprint density at radius 3 is 2.70 bits per heavy atom. The molecule has 3 aromatic rings. The maximum Gasteiger partial charge on any atom is 0.253 e. The summed E-state index contributed by atoms with van der Waals surface area (Å²) in [5, 5.41) is 0. The smallest absolute Gasteiger partial charge is 0.253 e. The number of hydrogen-bond donors (Lipinski definition) is 0. The van der Waals surface area contributed by atoms with Crippen LogP contribution in [0.1, 0.15) is 33.9 Å². The summed E-state index contributed by atoms with van der Waals surface area (Å²) in [7, 11) is 0. The van der Waals surface area contributed by atoms with Crippen molar-refractivity contribution in [1.29, 1.82) is 0 Å². The second-order valence-corrected chi connectivity index (χ2v) is 7.23. The number of hydrogen-bond acceptors (Lipinski definition) is 3. The minimum absolute atomic E-state index is 0.101. The van der Waals surface area contributed by atoms with E-state index in [9.17, 15) is 4.79 Å². The molecule has 5 nitrogen and oxygen atoms in total. The molecule has 3 heterocycles. The van der Waals surface area contributed by atoms with Gasteiger partial charge in [-0.3, -0.25) is 9.78 Å². The number of aryl methyl sites for hydroxylation is 1. The van der Waals surface area contributed by atoms with Gasteiger partial charge in [0.1, 0.15) is 5.82 Å².